The van der Waals surface area contributed by atoms with Gasteiger partial charge in [0.25, 0.3) is 0 Å². The van der Waals surface area contributed by atoms with Crippen LogP contribution in [-0.4, -0.2) is 70.5 Å². The summed E-state index contributed by atoms with van der Waals surface area (Å²) in [7, 11) is 0. The number of carbonyl (C=O) groups excluding carboxylic acids is 1. The van der Waals surface area contributed by atoms with E-state index < -0.39 is 12.0 Å². The normalized spacial score (nSPS) is 26.0. The molecule has 5 nitrogen and oxygen atoms in total. The van der Waals surface area contributed by atoms with Crippen molar-refractivity contribution in [3.05, 3.63) is 0 Å². The summed E-state index contributed by atoms with van der Waals surface area (Å²) in [6.45, 7) is 2.62. The Balaban J connectivity index is 1.89. The second kappa shape index (κ2) is 6.43. The van der Waals surface area contributed by atoms with Gasteiger partial charge in [0.05, 0.1) is 6.54 Å². The molecule has 0 spiro atoms. The van der Waals surface area contributed by atoms with Crippen molar-refractivity contribution < 1.29 is 14.7 Å². The largest absolute Gasteiger partial charge is 0.480 e. The molecule has 102 valence electrons. The van der Waals surface area contributed by atoms with Crippen LogP contribution in [0.5, 0.6) is 0 Å². The monoisotopic (exact) mass is 272 g/mol. The van der Waals surface area contributed by atoms with Gasteiger partial charge in [-0.2, -0.15) is 11.8 Å². The van der Waals surface area contributed by atoms with Gasteiger partial charge >= 0.3 is 5.97 Å². The van der Waals surface area contributed by atoms with Gasteiger partial charge in [0.2, 0.25) is 5.91 Å². The maximum absolute atomic E-state index is 12.1. The lowest BCUT2D eigenvalue weighted by Crippen LogP contribution is -2.52. The van der Waals surface area contributed by atoms with Crippen LogP contribution >= 0.6 is 11.8 Å². The molecule has 1 amide bonds. The van der Waals surface area contributed by atoms with E-state index in [4.69, 9.17) is 5.11 Å². The number of likely N-dealkylation sites (tertiary alicyclic amines) is 1. The average Bonchev–Trinajstić information content (AvgIpc) is 2.40. The van der Waals surface area contributed by atoms with Gasteiger partial charge in [0.15, 0.2) is 0 Å². The molecule has 2 saturated heterocycles. The zero-order chi connectivity index (χ0) is 13.0. The number of hydrogen-bond acceptors (Lipinski definition) is 4. The van der Waals surface area contributed by atoms with Crippen molar-refractivity contribution in [1.29, 1.82) is 0 Å². The van der Waals surface area contributed by atoms with Crippen molar-refractivity contribution >= 4 is 23.6 Å². The third kappa shape index (κ3) is 3.38. The minimum absolute atomic E-state index is 0.0906. The molecule has 2 aliphatic heterocycles. The number of carboxylic acids is 1. The molecule has 2 aliphatic rings. The number of hydrogen-bond donors (Lipinski definition) is 1. The first-order chi connectivity index (χ1) is 8.68. The Kier molecular flexibility index (Phi) is 4.88. The molecule has 1 unspecified atom stereocenters. The number of piperidine rings is 1. The third-order valence-corrected chi connectivity index (χ3v) is 4.59. The molecule has 1 atom stereocenters. The van der Waals surface area contributed by atoms with E-state index in [0.29, 0.717) is 12.3 Å². The van der Waals surface area contributed by atoms with E-state index in [2.05, 4.69) is 0 Å². The summed E-state index contributed by atoms with van der Waals surface area (Å²) < 4.78 is 0. The second-order valence-corrected chi connectivity index (χ2v) is 5.99. The predicted molar refractivity (Wildman–Crippen MR) is 70.8 cm³/mol. The summed E-state index contributed by atoms with van der Waals surface area (Å²) in [5.41, 5.74) is 0. The molecular weight excluding hydrogens is 252 g/mol. The molecule has 0 aromatic rings. The summed E-state index contributed by atoms with van der Waals surface area (Å²) in [5.74, 6) is 0.779. The lowest BCUT2D eigenvalue weighted by Gasteiger charge is -2.34. The van der Waals surface area contributed by atoms with E-state index in [1.54, 1.807) is 11.8 Å². The molecule has 0 aromatic heterocycles. The van der Waals surface area contributed by atoms with Crippen LogP contribution in [0.4, 0.5) is 0 Å². The van der Waals surface area contributed by atoms with Crippen molar-refractivity contribution in [3.63, 3.8) is 0 Å². The van der Waals surface area contributed by atoms with Gasteiger partial charge < -0.3 is 10.0 Å². The summed E-state index contributed by atoms with van der Waals surface area (Å²) in [6, 6.07) is -0.502. The number of carbonyl (C=O) groups is 2. The van der Waals surface area contributed by atoms with Crippen LogP contribution in [0.3, 0.4) is 0 Å². The smallest absolute Gasteiger partial charge is 0.321 e. The Labute approximate surface area is 112 Å². The molecule has 0 aromatic carbocycles. The quantitative estimate of drug-likeness (QED) is 0.811. The fourth-order valence-corrected chi connectivity index (χ4v) is 3.58. The predicted octanol–water partition coefficient (Wildman–Crippen LogP) is 0.501. The van der Waals surface area contributed by atoms with Crippen molar-refractivity contribution in [2.45, 2.75) is 25.3 Å². The van der Waals surface area contributed by atoms with Gasteiger partial charge in [-0.05, 0) is 19.3 Å². The van der Waals surface area contributed by atoms with Crippen molar-refractivity contribution in [1.82, 2.24) is 9.80 Å². The molecule has 1 N–H and O–H groups in total. The minimum atomic E-state index is -0.811. The molecule has 0 aliphatic carbocycles. The van der Waals surface area contributed by atoms with E-state index >= 15 is 0 Å². The van der Waals surface area contributed by atoms with Crippen LogP contribution in [0, 0.1) is 0 Å². The molecule has 2 rings (SSSR count). The highest BCUT2D eigenvalue weighted by atomic mass is 32.2. The van der Waals surface area contributed by atoms with Gasteiger partial charge in [-0.1, -0.05) is 0 Å². The number of thioether (sulfide) groups is 1. The van der Waals surface area contributed by atoms with Crippen LogP contribution in [0.25, 0.3) is 0 Å². The molecule has 0 radical (unpaired) electrons. The van der Waals surface area contributed by atoms with Gasteiger partial charge in [-0.25, -0.2) is 0 Å². The highest BCUT2D eigenvalue weighted by Crippen LogP contribution is 2.17. The molecule has 2 fully saturated rings. The first-order valence-electron chi connectivity index (χ1n) is 6.51. The van der Waals surface area contributed by atoms with Gasteiger partial charge in [0, 0.05) is 31.1 Å². The lowest BCUT2D eigenvalue weighted by atomic mass is 10.1. The van der Waals surface area contributed by atoms with Crippen LogP contribution in [-0.2, 0) is 9.59 Å². The van der Waals surface area contributed by atoms with Crippen molar-refractivity contribution in [3.8, 4) is 0 Å². The number of amides is 1. The molecular formula is C12H20N2O3S. The molecule has 18 heavy (non-hydrogen) atoms. The Bertz CT molecular complexity index is 318. The van der Waals surface area contributed by atoms with Crippen LogP contribution in [0.15, 0.2) is 0 Å². The zero-order valence-corrected chi connectivity index (χ0v) is 11.3. The Morgan fingerprint density at radius 3 is 2.56 bits per heavy atom. The standard InChI is InChI=1S/C12H20N2O3S/c15-11(13-4-2-1-3-5-13)8-14-6-7-18-9-10(14)12(16)17/h10H,1-9H2,(H,16,17). The number of rotatable bonds is 3. The van der Waals surface area contributed by atoms with E-state index in [-0.39, 0.29) is 12.5 Å². The molecule has 0 saturated carbocycles. The fourth-order valence-electron chi connectivity index (χ4n) is 2.47. The number of carboxylic acid groups (broad SMARTS) is 1. The molecule has 6 heteroatoms. The SMILES string of the molecule is O=C(O)C1CSCCN1CC(=O)N1CCCCC1. The first kappa shape index (κ1) is 13.7. The van der Waals surface area contributed by atoms with Crippen LogP contribution < -0.4 is 0 Å². The van der Waals surface area contributed by atoms with Crippen molar-refractivity contribution in [2.75, 3.05) is 37.7 Å². The topological polar surface area (TPSA) is 60.9 Å². The van der Waals surface area contributed by atoms with Gasteiger partial charge in [-0.15, -0.1) is 0 Å². The lowest BCUT2D eigenvalue weighted by molar-refractivity contribution is -0.144. The number of nitrogens with zero attached hydrogens (tertiary/aromatic N) is 2. The summed E-state index contributed by atoms with van der Waals surface area (Å²) in [5, 5.41) is 9.15. The Hall–Kier alpha value is -0.750. The Morgan fingerprint density at radius 1 is 1.17 bits per heavy atom. The first-order valence-corrected chi connectivity index (χ1v) is 7.66. The number of aliphatic carboxylic acids is 1. The van der Waals surface area contributed by atoms with Crippen molar-refractivity contribution in [2.24, 2.45) is 0 Å². The second-order valence-electron chi connectivity index (χ2n) is 4.84. The zero-order valence-electron chi connectivity index (χ0n) is 10.5. The maximum atomic E-state index is 12.1. The molecule has 0 bridgehead atoms. The average molecular weight is 272 g/mol. The highest BCUT2D eigenvalue weighted by molar-refractivity contribution is 7.99. The summed E-state index contributed by atoms with van der Waals surface area (Å²) >= 11 is 1.65. The maximum Gasteiger partial charge on any atom is 0.321 e. The fraction of sp³-hybridized carbons (Fsp3) is 0.833. The summed E-state index contributed by atoms with van der Waals surface area (Å²) in [6.07, 6.45) is 3.34. The van der Waals surface area contributed by atoms with Gasteiger partial charge in [0.1, 0.15) is 6.04 Å². The third-order valence-electron chi connectivity index (χ3n) is 3.57. The highest BCUT2D eigenvalue weighted by Gasteiger charge is 2.31. The summed E-state index contributed by atoms with van der Waals surface area (Å²) in [4.78, 5) is 27.0. The Morgan fingerprint density at radius 2 is 1.89 bits per heavy atom. The van der Waals surface area contributed by atoms with Gasteiger partial charge in [-0.3, -0.25) is 14.5 Å². The van der Waals surface area contributed by atoms with Crippen LogP contribution in [0.1, 0.15) is 19.3 Å². The van der Waals surface area contributed by atoms with E-state index in [1.807, 2.05) is 9.80 Å². The van der Waals surface area contributed by atoms with E-state index in [1.165, 1.54) is 6.42 Å². The van der Waals surface area contributed by atoms with E-state index in [9.17, 15) is 9.59 Å². The molecule has 2 heterocycles. The van der Waals surface area contributed by atoms with E-state index in [0.717, 1.165) is 31.7 Å². The van der Waals surface area contributed by atoms with Crippen LogP contribution in [0.2, 0.25) is 0 Å². The minimum Gasteiger partial charge on any atom is -0.480 e.